The highest BCUT2D eigenvalue weighted by Crippen LogP contribution is 2.69. The average Bonchev–Trinajstić information content (AvgIpc) is 2.65. The van der Waals surface area contributed by atoms with Gasteiger partial charge in [0.15, 0.2) is 0 Å². The standard InChI is InChI=1S/C16H16Br2O2S/c1-19-13-5-9-10-6-14(20-2)12(18)8-16(10)21(3,4)15(9)7-11(13)17/h5-8H,1-4H3. The first-order valence-electron chi connectivity index (χ1n) is 6.39. The fraction of sp³-hybridized carbons (Fsp3) is 0.250. The Morgan fingerprint density at radius 1 is 0.762 bits per heavy atom. The monoisotopic (exact) mass is 430 g/mol. The lowest BCUT2D eigenvalue weighted by molar-refractivity contribution is 0.411. The van der Waals surface area contributed by atoms with Crippen molar-refractivity contribution in [1.29, 1.82) is 0 Å². The van der Waals surface area contributed by atoms with E-state index >= 15 is 0 Å². The topological polar surface area (TPSA) is 18.5 Å². The number of hydrogen-bond acceptors (Lipinski definition) is 2. The van der Waals surface area contributed by atoms with E-state index in [1.807, 2.05) is 0 Å². The minimum atomic E-state index is -1.03. The van der Waals surface area contributed by atoms with E-state index in [-0.39, 0.29) is 0 Å². The summed E-state index contributed by atoms with van der Waals surface area (Å²) in [6.07, 6.45) is 4.66. The Balaban J connectivity index is 2.34. The lowest BCUT2D eigenvalue weighted by Gasteiger charge is -2.28. The van der Waals surface area contributed by atoms with E-state index in [1.165, 1.54) is 20.9 Å². The van der Waals surface area contributed by atoms with Crippen LogP contribution in [0.15, 0.2) is 43.0 Å². The van der Waals surface area contributed by atoms with Gasteiger partial charge in [0.25, 0.3) is 0 Å². The molecule has 0 saturated heterocycles. The summed E-state index contributed by atoms with van der Waals surface area (Å²) in [5.74, 6) is 1.72. The average molecular weight is 432 g/mol. The summed E-state index contributed by atoms with van der Waals surface area (Å²) in [6, 6.07) is 8.63. The van der Waals surface area contributed by atoms with E-state index in [2.05, 4.69) is 68.6 Å². The molecule has 0 atom stereocenters. The molecule has 0 saturated carbocycles. The molecule has 0 spiro atoms. The lowest BCUT2D eigenvalue weighted by atomic mass is 10.1. The van der Waals surface area contributed by atoms with Crippen molar-refractivity contribution in [3.8, 4) is 22.6 Å². The van der Waals surface area contributed by atoms with Gasteiger partial charge in [-0.05, 0) is 79.8 Å². The molecule has 0 N–H and O–H groups in total. The second-order valence-electron chi connectivity index (χ2n) is 5.29. The minimum absolute atomic E-state index is 0.860. The van der Waals surface area contributed by atoms with Crippen LogP contribution >= 0.6 is 41.9 Å². The molecule has 1 aliphatic rings. The molecule has 0 fully saturated rings. The normalized spacial score (nSPS) is 16.1. The predicted molar refractivity (Wildman–Crippen MR) is 96.4 cm³/mol. The maximum absolute atomic E-state index is 5.46. The number of rotatable bonds is 2. The molecular formula is C16H16Br2O2S. The lowest BCUT2D eigenvalue weighted by Crippen LogP contribution is -1.94. The zero-order valence-corrected chi connectivity index (χ0v) is 16.3. The molecule has 0 amide bonds. The van der Waals surface area contributed by atoms with E-state index in [4.69, 9.17) is 9.47 Å². The van der Waals surface area contributed by atoms with Gasteiger partial charge in [0, 0.05) is 9.79 Å². The summed E-state index contributed by atoms with van der Waals surface area (Å²) in [5, 5.41) is 0. The first-order chi connectivity index (χ1) is 9.90. The van der Waals surface area contributed by atoms with Crippen molar-refractivity contribution in [3.05, 3.63) is 33.2 Å². The Bertz CT molecular complexity index is 680. The van der Waals surface area contributed by atoms with E-state index in [0.717, 1.165) is 20.4 Å². The Morgan fingerprint density at radius 3 is 1.48 bits per heavy atom. The van der Waals surface area contributed by atoms with Gasteiger partial charge in [0.05, 0.1) is 23.2 Å². The van der Waals surface area contributed by atoms with Crippen LogP contribution in [0.1, 0.15) is 0 Å². The Morgan fingerprint density at radius 2 is 1.14 bits per heavy atom. The van der Waals surface area contributed by atoms with E-state index in [1.54, 1.807) is 14.2 Å². The molecule has 112 valence electrons. The Hall–Kier alpha value is -0.650. The highest BCUT2D eigenvalue weighted by atomic mass is 79.9. The number of fused-ring (bicyclic) bond motifs is 3. The number of benzene rings is 2. The molecule has 0 aromatic heterocycles. The van der Waals surface area contributed by atoms with Crippen molar-refractivity contribution >= 4 is 41.9 Å². The molecule has 2 nitrogen and oxygen atoms in total. The van der Waals surface area contributed by atoms with Crippen molar-refractivity contribution in [3.63, 3.8) is 0 Å². The molecule has 0 bridgehead atoms. The zero-order chi connectivity index (χ0) is 15.4. The van der Waals surface area contributed by atoms with Gasteiger partial charge < -0.3 is 9.47 Å². The summed E-state index contributed by atoms with van der Waals surface area (Å²) in [6.45, 7) is 0. The predicted octanol–water partition coefficient (Wildman–Crippen LogP) is 5.69. The zero-order valence-electron chi connectivity index (χ0n) is 12.3. The molecule has 0 unspecified atom stereocenters. The molecule has 2 aromatic rings. The minimum Gasteiger partial charge on any atom is -0.496 e. The van der Waals surface area contributed by atoms with Crippen molar-refractivity contribution in [2.45, 2.75) is 9.79 Å². The van der Waals surface area contributed by atoms with E-state index < -0.39 is 10.0 Å². The molecule has 3 rings (SSSR count). The van der Waals surface area contributed by atoms with Gasteiger partial charge in [-0.3, -0.25) is 0 Å². The fourth-order valence-corrected chi connectivity index (χ4v) is 6.58. The van der Waals surface area contributed by atoms with Gasteiger partial charge >= 0.3 is 0 Å². The molecule has 5 heteroatoms. The SMILES string of the molecule is COc1cc2c(cc1Br)S(C)(C)c1cc(Br)c(OC)cc1-2. The van der Waals surface area contributed by atoms with Crippen LogP contribution in [0.5, 0.6) is 11.5 Å². The molecule has 21 heavy (non-hydrogen) atoms. The highest BCUT2D eigenvalue weighted by molar-refractivity contribution is 9.11. The van der Waals surface area contributed by atoms with Crippen LogP contribution in [-0.2, 0) is 0 Å². The van der Waals surface area contributed by atoms with Crippen LogP contribution in [0.25, 0.3) is 11.1 Å². The van der Waals surface area contributed by atoms with Crippen molar-refractivity contribution in [2.24, 2.45) is 0 Å². The molecule has 1 aliphatic heterocycles. The number of ether oxygens (including phenoxy) is 2. The third-order valence-corrected chi connectivity index (χ3v) is 8.01. The smallest absolute Gasteiger partial charge is 0.133 e. The summed E-state index contributed by atoms with van der Waals surface area (Å²) < 4.78 is 12.9. The Kier molecular flexibility index (Phi) is 3.79. The first kappa shape index (κ1) is 15.3. The van der Waals surface area contributed by atoms with Gasteiger partial charge in [0.2, 0.25) is 0 Å². The van der Waals surface area contributed by atoms with Crippen LogP contribution < -0.4 is 9.47 Å². The molecule has 1 heterocycles. The second kappa shape index (κ2) is 5.21. The maximum atomic E-state index is 5.46. The summed E-state index contributed by atoms with van der Waals surface area (Å²) >= 11 is 7.21. The fourth-order valence-electron chi connectivity index (χ4n) is 2.77. The van der Waals surface area contributed by atoms with Gasteiger partial charge in [0.1, 0.15) is 11.5 Å². The van der Waals surface area contributed by atoms with Crippen LogP contribution in [0.4, 0.5) is 0 Å². The maximum Gasteiger partial charge on any atom is 0.133 e. The molecular weight excluding hydrogens is 416 g/mol. The van der Waals surface area contributed by atoms with E-state index in [0.29, 0.717) is 0 Å². The molecule has 0 radical (unpaired) electrons. The third kappa shape index (κ3) is 2.21. The van der Waals surface area contributed by atoms with Crippen molar-refractivity contribution in [2.75, 3.05) is 26.7 Å². The number of hydrogen-bond donors (Lipinski definition) is 0. The van der Waals surface area contributed by atoms with Crippen molar-refractivity contribution in [1.82, 2.24) is 0 Å². The van der Waals surface area contributed by atoms with Crippen LogP contribution in [0, 0.1) is 0 Å². The summed E-state index contributed by atoms with van der Waals surface area (Å²) in [7, 11) is 2.36. The van der Waals surface area contributed by atoms with Crippen molar-refractivity contribution < 1.29 is 9.47 Å². The van der Waals surface area contributed by atoms with Crippen LogP contribution in [0.3, 0.4) is 0 Å². The summed E-state index contributed by atoms with van der Waals surface area (Å²) in [5.41, 5.74) is 2.49. The van der Waals surface area contributed by atoms with Gasteiger partial charge in [-0.25, -0.2) is 0 Å². The number of halogens is 2. The second-order valence-corrected chi connectivity index (χ2v) is 10.5. The van der Waals surface area contributed by atoms with E-state index in [9.17, 15) is 0 Å². The number of methoxy groups -OCH3 is 2. The first-order valence-corrected chi connectivity index (χ1v) is 10.4. The summed E-state index contributed by atoms with van der Waals surface area (Å²) in [4.78, 5) is 2.76. The molecule has 2 aromatic carbocycles. The quantitative estimate of drug-likeness (QED) is 0.607. The largest absolute Gasteiger partial charge is 0.496 e. The van der Waals surface area contributed by atoms with Crippen LogP contribution in [-0.4, -0.2) is 26.7 Å². The third-order valence-electron chi connectivity index (χ3n) is 3.90. The van der Waals surface area contributed by atoms with Gasteiger partial charge in [-0.15, -0.1) is 0 Å². The highest BCUT2D eigenvalue weighted by Gasteiger charge is 2.33. The van der Waals surface area contributed by atoms with Gasteiger partial charge in [-0.2, -0.15) is 10.0 Å². The molecule has 0 aliphatic carbocycles. The Labute approximate surface area is 143 Å². The van der Waals surface area contributed by atoms with Gasteiger partial charge in [-0.1, -0.05) is 0 Å². The van der Waals surface area contributed by atoms with Crippen LogP contribution in [0.2, 0.25) is 0 Å².